The van der Waals surface area contributed by atoms with Crippen molar-refractivity contribution in [2.75, 3.05) is 0 Å². The maximum atomic E-state index is 4.97. The zero-order valence-corrected chi connectivity index (χ0v) is 33.4. The predicted octanol–water partition coefficient (Wildman–Crippen LogP) is 13.1. The summed E-state index contributed by atoms with van der Waals surface area (Å²) in [5.74, 6) is 0. The van der Waals surface area contributed by atoms with E-state index in [0.717, 1.165) is 50.9 Å². The molecule has 0 bridgehead atoms. The van der Waals surface area contributed by atoms with E-state index >= 15 is 0 Å². The second-order valence-electron chi connectivity index (χ2n) is 11.3. The van der Waals surface area contributed by atoms with Gasteiger partial charge < -0.3 is 0 Å². The minimum atomic E-state index is -1.92. The molecule has 0 radical (unpaired) electrons. The van der Waals surface area contributed by atoms with Crippen LogP contribution in [0.1, 0.15) is 125 Å². The first-order chi connectivity index (χ1) is 15.1. The molecule has 0 aromatic rings. The van der Waals surface area contributed by atoms with E-state index in [1.54, 1.807) is 0 Å². The first-order valence-corrected chi connectivity index (χ1v) is 26.6. The Hall–Kier alpha value is 2.81. The van der Waals surface area contributed by atoms with Crippen molar-refractivity contribution in [3.8, 4) is 0 Å². The van der Waals surface area contributed by atoms with Crippen LogP contribution in [0.3, 0.4) is 0 Å². The third kappa shape index (κ3) is 26.4. The third-order valence-corrected chi connectivity index (χ3v) is 16.1. The third-order valence-electron chi connectivity index (χ3n) is 5.37. The van der Waals surface area contributed by atoms with Crippen molar-refractivity contribution in [2.24, 2.45) is 0 Å². The molecule has 0 aliphatic carbocycles. The average molecular weight is 779 g/mol. The van der Waals surface area contributed by atoms with Crippen LogP contribution in [0.5, 0.6) is 0 Å². The molecule has 0 rings (SSSR count). The molecule has 0 atom stereocenters. The molecule has 0 saturated heterocycles. The Morgan fingerprint density at radius 1 is 0.294 bits per heavy atom. The standard InChI is InChI=1S/3C9H21P.3ClH.Ir/c3*1-7(2)10(8(3)4)9(5)6;;;;/h3*7-9H,1-6H3;3*1H;/q;;;;;;+3/p-3. The van der Waals surface area contributed by atoms with E-state index in [4.69, 9.17) is 28.8 Å². The van der Waals surface area contributed by atoms with Crippen molar-refractivity contribution in [2.45, 2.75) is 176 Å². The summed E-state index contributed by atoms with van der Waals surface area (Å²) in [6.07, 6.45) is 0. The summed E-state index contributed by atoms with van der Waals surface area (Å²) in [7, 11) is 15.7. The van der Waals surface area contributed by atoms with Crippen LogP contribution in [0, 0.1) is 0 Å². The summed E-state index contributed by atoms with van der Waals surface area (Å²) in [4.78, 5) is 0. The molecule has 0 aromatic heterocycles. The monoisotopic (exact) mass is 778 g/mol. The predicted molar refractivity (Wildman–Crippen MR) is 175 cm³/mol. The molecule has 0 aromatic carbocycles. The topological polar surface area (TPSA) is 0 Å². The van der Waals surface area contributed by atoms with E-state index < -0.39 is 13.5 Å². The molecule has 7 heteroatoms. The quantitative estimate of drug-likeness (QED) is 0.205. The second-order valence-corrected chi connectivity index (χ2v) is 33.7. The first-order valence-electron chi connectivity index (χ1n) is 13.1. The van der Waals surface area contributed by atoms with E-state index in [1.165, 1.54) is 0 Å². The minimum absolute atomic E-state index is 0.262. The molecule has 0 amide bonds. The van der Waals surface area contributed by atoms with E-state index in [1.807, 2.05) is 0 Å². The van der Waals surface area contributed by atoms with Crippen LogP contribution in [0.25, 0.3) is 0 Å². The SMILES string of the molecule is CC(C)P(C(C)C)C(C)C.CC(C)P(C(C)C)C(C)C.CC(C)P(C(C)C)C(C)C.[Cl][Ir]([Cl])[Cl]. The van der Waals surface area contributed by atoms with Gasteiger partial charge in [-0.25, -0.2) is 0 Å². The second kappa shape index (κ2) is 24.8. The van der Waals surface area contributed by atoms with Crippen molar-refractivity contribution < 1.29 is 13.5 Å². The van der Waals surface area contributed by atoms with Gasteiger partial charge in [-0.3, -0.25) is 0 Å². The summed E-state index contributed by atoms with van der Waals surface area (Å²) in [5, 5.41) is 0. The van der Waals surface area contributed by atoms with Crippen molar-refractivity contribution >= 4 is 52.5 Å². The molecule has 34 heavy (non-hydrogen) atoms. The van der Waals surface area contributed by atoms with Gasteiger partial charge in [0.2, 0.25) is 0 Å². The normalized spacial score (nSPS) is 12.4. The Kier molecular flexibility index (Phi) is 32.0. The summed E-state index contributed by atoms with van der Waals surface area (Å²) in [6.45, 7) is 42.4. The van der Waals surface area contributed by atoms with Gasteiger partial charge in [0, 0.05) is 0 Å². The van der Waals surface area contributed by atoms with Gasteiger partial charge in [0.15, 0.2) is 0 Å². The fourth-order valence-electron chi connectivity index (χ4n) is 5.37. The molecule has 0 spiro atoms. The zero-order valence-electron chi connectivity index (χ0n) is 26.0. The molecule has 0 N–H and O–H groups in total. The van der Waals surface area contributed by atoms with E-state index in [0.29, 0.717) is 0 Å². The van der Waals surface area contributed by atoms with Gasteiger partial charge in [-0.05, 0) is 50.9 Å². The van der Waals surface area contributed by atoms with Crippen LogP contribution in [-0.2, 0) is 13.5 Å². The van der Waals surface area contributed by atoms with Gasteiger partial charge in [0.25, 0.3) is 0 Å². The average Bonchev–Trinajstić information content (AvgIpc) is 2.51. The fourth-order valence-corrected chi connectivity index (χ4v) is 16.1. The number of hydrogen-bond donors (Lipinski definition) is 0. The number of hydrogen-bond acceptors (Lipinski definition) is 0. The van der Waals surface area contributed by atoms with Gasteiger partial charge in [0.05, 0.1) is 0 Å². The number of halogens is 3. The molecule has 216 valence electrons. The van der Waals surface area contributed by atoms with Crippen LogP contribution in [0.4, 0.5) is 0 Å². The van der Waals surface area contributed by atoms with E-state index in [9.17, 15) is 0 Å². The molecular formula is C27H63Cl3IrP3. The van der Waals surface area contributed by atoms with Crippen molar-refractivity contribution in [3.05, 3.63) is 0 Å². The Morgan fingerprint density at radius 3 is 0.353 bits per heavy atom. The van der Waals surface area contributed by atoms with Crippen LogP contribution in [0.2, 0.25) is 0 Å². The van der Waals surface area contributed by atoms with Crippen LogP contribution in [-0.4, -0.2) is 50.9 Å². The molecule has 0 nitrogen and oxygen atoms in total. The zero-order chi connectivity index (χ0) is 28.5. The molecular weight excluding hydrogens is 716 g/mol. The Bertz CT molecular complexity index is 310. The van der Waals surface area contributed by atoms with E-state index in [2.05, 4.69) is 125 Å². The molecule has 0 aliphatic heterocycles. The van der Waals surface area contributed by atoms with Crippen LogP contribution < -0.4 is 0 Å². The van der Waals surface area contributed by atoms with Crippen molar-refractivity contribution in [1.82, 2.24) is 0 Å². The molecule has 0 heterocycles. The van der Waals surface area contributed by atoms with E-state index in [-0.39, 0.29) is 23.8 Å². The summed E-state index contributed by atoms with van der Waals surface area (Å²) >= 11 is -1.92. The van der Waals surface area contributed by atoms with Crippen molar-refractivity contribution in [3.63, 3.8) is 0 Å². The molecule has 0 unspecified atom stereocenters. The Balaban J connectivity index is -0.000000184. The first kappa shape index (κ1) is 43.8. The number of rotatable bonds is 9. The molecule has 0 aliphatic rings. The summed E-state index contributed by atoms with van der Waals surface area (Å²) in [5.41, 5.74) is 8.08. The van der Waals surface area contributed by atoms with Gasteiger partial charge in [-0.15, -0.1) is 0 Å². The van der Waals surface area contributed by atoms with Gasteiger partial charge in [-0.2, -0.15) is 0 Å². The Morgan fingerprint density at radius 2 is 0.353 bits per heavy atom. The van der Waals surface area contributed by atoms with Crippen LogP contribution in [0.15, 0.2) is 0 Å². The van der Waals surface area contributed by atoms with Crippen molar-refractivity contribution in [1.29, 1.82) is 0 Å². The molecule has 0 fully saturated rings. The fraction of sp³-hybridized carbons (Fsp3) is 1.00. The van der Waals surface area contributed by atoms with Gasteiger partial charge in [-0.1, -0.05) is 148 Å². The summed E-state index contributed by atoms with van der Waals surface area (Å²) < 4.78 is 0. The van der Waals surface area contributed by atoms with Gasteiger partial charge >= 0.3 is 42.2 Å². The van der Waals surface area contributed by atoms with Crippen LogP contribution >= 0.6 is 52.5 Å². The molecule has 0 saturated carbocycles. The van der Waals surface area contributed by atoms with Gasteiger partial charge in [0.1, 0.15) is 0 Å². The Labute approximate surface area is 240 Å². The maximum absolute atomic E-state index is 4.97. The summed E-state index contributed by atoms with van der Waals surface area (Å²) in [6, 6.07) is 0.